The molecule has 0 bridgehead atoms. The SMILES string of the molecule is CC(C)(C)OC(=O)N1CCN(CCCCCCCBr)CC1. The summed E-state index contributed by atoms with van der Waals surface area (Å²) in [7, 11) is 0. The van der Waals surface area contributed by atoms with Crippen molar-refractivity contribution in [2.45, 2.75) is 58.5 Å². The first-order valence-electron chi connectivity index (χ1n) is 8.18. The van der Waals surface area contributed by atoms with Crippen LogP contribution in [0.1, 0.15) is 52.9 Å². The Bertz CT molecular complexity index is 297. The summed E-state index contributed by atoms with van der Waals surface area (Å²) in [5.41, 5.74) is -0.399. The van der Waals surface area contributed by atoms with Crippen molar-refractivity contribution >= 4 is 22.0 Å². The van der Waals surface area contributed by atoms with Crippen molar-refractivity contribution in [3.05, 3.63) is 0 Å². The molecule has 0 aromatic rings. The van der Waals surface area contributed by atoms with E-state index in [9.17, 15) is 4.79 Å². The van der Waals surface area contributed by atoms with Crippen molar-refractivity contribution in [1.82, 2.24) is 9.80 Å². The Morgan fingerprint density at radius 1 is 1.00 bits per heavy atom. The average molecular weight is 363 g/mol. The van der Waals surface area contributed by atoms with Crippen molar-refractivity contribution in [1.29, 1.82) is 0 Å². The minimum Gasteiger partial charge on any atom is -0.444 e. The van der Waals surface area contributed by atoms with Gasteiger partial charge in [-0.3, -0.25) is 4.90 Å². The molecule has 0 N–H and O–H groups in total. The third kappa shape index (κ3) is 8.67. The maximum atomic E-state index is 12.0. The van der Waals surface area contributed by atoms with Crippen LogP contribution in [0.15, 0.2) is 0 Å². The number of nitrogens with zero attached hydrogens (tertiary/aromatic N) is 2. The molecule has 1 fully saturated rings. The van der Waals surface area contributed by atoms with E-state index in [1.54, 1.807) is 0 Å². The second-order valence-electron chi connectivity index (χ2n) is 6.77. The van der Waals surface area contributed by atoms with Gasteiger partial charge in [-0.05, 0) is 40.2 Å². The number of carbonyl (C=O) groups excluding carboxylic acids is 1. The van der Waals surface area contributed by atoms with Crippen LogP contribution in [-0.2, 0) is 4.74 Å². The summed E-state index contributed by atoms with van der Waals surface area (Å²) in [5, 5.41) is 1.12. The number of rotatable bonds is 7. The molecule has 1 rings (SSSR count). The lowest BCUT2D eigenvalue weighted by molar-refractivity contribution is 0.0144. The van der Waals surface area contributed by atoms with E-state index in [2.05, 4.69) is 20.8 Å². The summed E-state index contributed by atoms with van der Waals surface area (Å²) in [5.74, 6) is 0. The standard InChI is InChI=1S/C16H31BrN2O2/c1-16(2,3)21-15(20)19-13-11-18(12-14-19)10-8-6-4-5-7-9-17/h4-14H2,1-3H3. The third-order valence-corrected chi connectivity index (χ3v) is 4.19. The maximum absolute atomic E-state index is 12.0. The van der Waals surface area contributed by atoms with Gasteiger partial charge in [0.25, 0.3) is 0 Å². The molecule has 0 spiro atoms. The van der Waals surface area contributed by atoms with E-state index < -0.39 is 5.60 Å². The molecule has 0 unspecified atom stereocenters. The molecule has 21 heavy (non-hydrogen) atoms. The van der Waals surface area contributed by atoms with Crippen LogP contribution < -0.4 is 0 Å². The Morgan fingerprint density at radius 2 is 1.57 bits per heavy atom. The molecular formula is C16H31BrN2O2. The number of piperazine rings is 1. The lowest BCUT2D eigenvalue weighted by atomic mass is 10.1. The Balaban J connectivity index is 2.10. The minimum atomic E-state index is -0.399. The second kappa shape index (κ2) is 9.67. The van der Waals surface area contributed by atoms with E-state index >= 15 is 0 Å². The van der Waals surface area contributed by atoms with Gasteiger partial charge in [0.05, 0.1) is 0 Å². The van der Waals surface area contributed by atoms with E-state index in [1.165, 1.54) is 32.1 Å². The predicted octanol–water partition coefficient (Wildman–Crippen LogP) is 3.88. The van der Waals surface area contributed by atoms with Gasteiger partial charge in [0.2, 0.25) is 0 Å². The summed E-state index contributed by atoms with van der Waals surface area (Å²) in [6.45, 7) is 10.4. The van der Waals surface area contributed by atoms with Gasteiger partial charge in [-0.2, -0.15) is 0 Å². The fourth-order valence-corrected chi connectivity index (χ4v) is 2.84. The van der Waals surface area contributed by atoms with Crippen LogP contribution in [0.3, 0.4) is 0 Å². The van der Waals surface area contributed by atoms with E-state index in [0.717, 1.165) is 38.1 Å². The molecule has 0 radical (unpaired) electrons. The molecule has 124 valence electrons. The zero-order valence-corrected chi connectivity index (χ0v) is 15.5. The third-order valence-electron chi connectivity index (χ3n) is 3.63. The highest BCUT2D eigenvalue weighted by Crippen LogP contribution is 2.12. The van der Waals surface area contributed by atoms with Gasteiger partial charge in [0.1, 0.15) is 5.60 Å². The first-order valence-corrected chi connectivity index (χ1v) is 9.31. The molecule has 1 heterocycles. The number of alkyl halides is 1. The van der Waals surface area contributed by atoms with Crippen LogP contribution in [0.2, 0.25) is 0 Å². The number of halogens is 1. The first kappa shape index (κ1) is 18.8. The normalized spacial score (nSPS) is 17.0. The quantitative estimate of drug-likeness (QED) is 0.508. The van der Waals surface area contributed by atoms with Crippen LogP contribution in [-0.4, -0.2) is 59.5 Å². The number of amides is 1. The molecule has 0 aliphatic carbocycles. The first-order chi connectivity index (χ1) is 9.92. The molecule has 4 nitrogen and oxygen atoms in total. The van der Waals surface area contributed by atoms with Crippen LogP contribution in [0.5, 0.6) is 0 Å². The Morgan fingerprint density at radius 3 is 2.14 bits per heavy atom. The number of hydrogen-bond acceptors (Lipinski definition) is 3. The van der Waals surface area contributed by atoms with Crippen LogP contribution >= 0.6 is 15.9 Å². The maximum Gasteiger partial charge on any atom is 0.410 e. The van der Waals surface area contributed by atoms with Gasteiger partial charge in [-0.1, -0.05) is 35.2 Å². The molecule has 0 aromatic heterocycles. The number of carbonyl (C=O) groups is 1. The fraction of sp³-hybridized carbons (Fsp3) is 0.938. The zero-order valence-electron chi connectivity index (χ0n) is 13.9. The zero-order chi connectivity index (χ0) is 15.7. The Hall–Kier alpha value is -0.290. The average Bonchev–Trinajstić information content (AvgIpc) is 2.41. The summed E-state index contributed by atoms with van der Waals surface area (Å²) in [6.07, 6.45) is 6.38. The van der Waals surface area contributed by atoms with E-state index in [1.807, 2.05) is 25.7 Å². The van der Waals surface area contributed by atoms with Crippen molar-refractivity contribution < 1.29 is 9.53 Å². The molecule has 1 aliphatic rings. The van der Waals surface area contributed by atoms with E-state index in [0.29, 0.717) is 0 Å². The van der Waals surface area contributed by atoms with E-state index in [-0.39, 0.29) is 6.09 Å². The van der Waals surface area contributed by atoms with E-state index in [4.69, 9.17) is 4.74 Å². The van der Waals surface area contributed by atoms with Crippen LogP contribution in [0, 0.1) is 0 Å². The predicted molar refractivity (Wildman–Crippen MR) is 91.1 cm³/mol. The second-order valence-corrected chi connectivity index (χ2v) is 7.56. The van der Waals surface area contributed by atoms with Gasteiger partial charge in [-0.25, -0.2) is 4.79 Å². The lowest BCUT2D eigenvalue weighted by Gasteiger charge is -2.35. The summed E-state index contributed by atoms with van der Waals surface area (Å²) >= 11 is 3.47. The smallest absolute Gasteiger partial charge is 0.410 e. The molecule has 0 saturated carbocycles. The highest BCUT2D eigenvalue weighted by molar-refractivity contribution is 9.09. The molecular weight excluding hydrogens is 332 g/mol. The number of unbranched alkanes of at least 4 members (excludes halogenated alkanes) is 4. The van der Waals surface area contributed by atoms with Crippen molar-refractivity contribution in [2.75, 3.05) is 38.1 Å². The molecule has 1 amide bonds. The lowest BCUT2D eigenvalue weighted by Crippen LogP contribution is -2.50. The summed E-state index contributed by atoms with van der Waals surface area (Å²) in [6, 6.07) is 0. The molecule has 1 aliphatic heterocycles. The summed E-state index contributed by atoms with van der Waals surface area (Å²) in [4.78, 5) is 16.3. The molecule has 5 heteroatoms. The number of hydrogen-bond donors (Lipinski definition) is 0. The van der Waals surface area contributed by atoms with Crippen LogP contribution in [0.4, 0.5) is 4.79 Å². The molecule has 1 saturated heterocycles. The highest BCUT2D eigenvalue weighted by Gasteiger charge is 2.25. The van der Waals surface area contributed by atoms with Gasteiger partial charge in [0, 0.05) is 31.5 Å². The Kier molecular flexibility index (Phi) is 8.64. The van der Waals surface area contributed by atoms with Crippen LogP contribution in [0.25, 0.3) is 0 Å². The summed E-state index contributed by atoms with van der Waals surface area (Å²) < 4.78 is 5.41. The monoisotopic (exact) mass is 362 g/mol. The van der Waals surface area contributed by atoms with Crippen molar-refractivity contribution in [2.24, 2.45) is 0 Å². The number of ether oxygens (including phenoxy) is 1. The topological polar surface area (TPSA) is 32.8 Å². The van der Waals surface area contributed by atoms with Gasteiger partial charge in [-0.15, -0.1) is 0 Å². The molecule has 0 atom stereocenters. The van der Waals surface area contributed by atoms with Gasteiger partial charge >= 0.3 is 6.09 Å². The van der Waals surface area contributed by atoms with Crippen molar-refractivity contribution in [3.63, 3.8) is 0 Å². The van der Waals surface area contributed by atoms with Gasteiger partial charge < -0.3 is 9.64 Å². The molecule has 0 aromatic carbocycles. The Labute approximate surface area is 138 Å². The highest BCUT2D eigenvalue weighted by atomic mass is 79.9. The fourth-order valence-electron chi connectivity index (χ4n) is 2.44. The minimum absolute atomic E-state index is 0.170. The largest absolute Gasteiger partial charge is 0.444 e. The van der Waals surface area contributed by atoms with Gasteiger partial charge in [0.15, 0.2) is 0 Å². The van der Waals surface area contributed by atoms with Crippen molar-refractivity contribution in [3.8, 4) is 0 Å².